The molecule has 11 nitrogen and oxygen atoms in total. The monoisotopic (exact) mass is 452 g/mol. The summed E-state index contributed by atoms with van der Waals surface area (Å²) in [7, 11) is 0. The summed E-state index contributed by atoms with van der Waals surface area (Å²) in [5.41, 5.74) is 3.76. The first kappa shape index (κ1) is 22.0. The van der Waals surface area contributed by atoms with Crippen LogP contribution in [0, 0.1) is 0 Å². The molecule has 0 saturated heterocycles. The van der Waals surface area contributed by atoms with Crippen molar-refractivity contribution in [2.75, 3.05) is 11.9 Å². The second-order valence-electron chi connectivity index (χ2n) is 7.44. The second-order valence-corrected chi connectivity index (χ2v) is 7.44. The number of rotatable bonds is 7. The minimum atomic E-state index is -1.59. The lowest BCUT2D eigenvalue weighted by Gasteiger charge is -2.16. The fraction of sp³-hybridized carbons (Fsp3) is 0.227. The molecule has 11 heteroatoms. The molecule has 0 aliphatic heterocycles. The fourth-order valence-electron chi connectivity index (χ4n) is 3.75. The predicted octanol–water partition coefficient (Wildman–Crippen LogP) is 1.99. The molecule has 2 aromatic carbocycles. The number of fused-ring (bicyclic) bond motifs is 3. The van der Waals surface area contributed by atoms with Crippen LogP contribution in [0.5, 0.6) is 0 Å². The molecule has 4 N–H and O–H groups in total. The highest BCUT2D eigenvalue weighted by molar-refractivity contribution is 6.01. The molecular weight excluding hydrogens is 432 g/mol. The van der Waals surface area contributed by atoms with E-state index in [-0.39, 0.29) is 18.3 Å². The van der Waals surface area contributed by atoms with E-state index in [0.717, 1.165) is 22.3 Å². The van der Waals surface area contributed by atoms with Crippen LogP contribution in [0.3, 0.4) is 0 Å². The molecule has 2 amide bonds. The number of anilines is 1. The Morgan fingerprint density at radius 1 is 1.06 bits per heavy atom. The number of carbonyl (C=O) groups is 3. The molecule has 0 saturated carbocycles. The number of amides is 2. The number of aromatic nitrogens is 2. The molecule has 170 valence electrons. The maximum absolute atomic E-state index is 12.4. The van der Waals surface area contributed by atoms with Crippen molar-refractivity contribution < 1.29 is 34.0 Å². The first-order chi connectivity index (χ1) is 15.9. The van der Waals surface area contributed by atoms with Crippen LogP contribution in [0.1, 0.15) is 34.5 Å². The van der Waals surface area contributed by atoms with Crippen LogP contribution in [0.2, 0.25) is 0 Å². The number of benzene rings is 2. The number of carbonyl (C=O) groups excluding carboxylic acids is 2. The molecule has 0 fully saturated rings. The van der Waals surface area contributed by atoms with Gasteiger partial charge in [-0.2, -0.15) is 0 Å². The van der Waals surface area contributed by atoms with Gasteiger partial charge in [0.25, 0.3) is 5.91 Å². The van der Waals surface area contributed by atoms with Gasteiger partial charge in [0.2, 0.25) is 11.5 Å². The third kappa shape index (κ3) is 4.39. The summed E-state index contributed by atoms with van der Waals surface area (Å²) in [6, 6.07) is 14.1. The zero-order valence-corrected chi connectivity index (χ0v) is 17.4. The Kier molecular flexibility index (Phi) is 6.05. The predicted molar refractivity (Wildman–Crippen MR) is 114 cm³/mol. The van der Waals surface area contributed by atoms with Gasteiger partial charge >= 0.3 is 12.1 Å². The zero-order chi connectivity index (χ0) is 23.5. The number of aliphatic hydroxyl groups excluding tert-OH is 1. The van der Waals surface area contributed by atoms with Crippen molar-refractivity contribution in [3.8, 4) is 11.1 Å². The van der Waals surface area contributed by atoms with Crippen LogP contribution >= 0.6 is 0 Å². The molecule has 1 aliphatic rings. The first-order valence-electron chi connectivity index (χ1n) is 10.0. The van der Waals surface area contributed by atoms with E-state index in [0.29, 0.717) is 0 Å². The number of carboxylic acids is 1. The van der Waals surface area contributed by atoms with Crippen molar-refractivity contribution in [3.63, 3.8) is 0 Å². The van der Waals surface area contributed by atoms with Gasteiger partial charge in [-0.05, 0) is 39.5 Å². The zero-order valence-electron chi connectivity index (χ0n) is 17.4. The Labute approximate surface area is 187 Å². The van der Waals surface area contributed by atoms with E-state index >= 15 is 0 Å². The SMILES string of the molecule is CC(O)C(NC(=O)c1nonc1NC(=O)OCC1c2ccccc2-c2ccccc21)C(=O)O. The molecule has 0 radical (unpaired) electrons. The van der Waals surface area contributed by atoms with Gasteiger partial charge in [-0.3, -0.25) is 10.1 Å². The van der Waals surface area contributed by atoms with Crippen LogP contribution in [0.4, 0.5) is 10.6 Å². The van der Waals surface area contributed by atoms with E-state index in [9.17, 15) is 19.5 Å². The average molecular weight is 452 g/mol. The Morgan fingerprint density at radius 3 is 2.24 bits per heavy atom. The molecule has 1 heterocycles. The topological polar surface area (TPSA) is 164 Å². The number of aliphatic hydroxyl groups is 1. The highest BCUT2D eigenvalue weighted by Crippen LogP contribution is 2.44. The summed E-state index contributed by atoms with van der Waals surface area (Å²) in [6.45, 7) is 1.24. The maximum Gasteiger partial charge on any atom is 0.412 e. The molecular formula is C22H20N4O7. The largest absolute Gasteiger partial charge is 0.480 e. The molecule has 33 heavy (non-hydrogen) atoms. The van der Waals surface area contributed by atoms with Crippen LogP contribution in [0.25, 0.3) is 11.1 Å². The number of nitrogens with zero attached hydrogens (tertiary/aromatic N) is 2. The lowest BCUT2D eigenvalue weighted by molar-refractivity contribution is -0.141. The van der Waals surface area contributed by atoms with Crippen molar-refractivity contribution in [2.45, 2.75) is 25.0 Å². The number of ether oxygens (including phenoxy) is 1. The molecule has 3 aromatic rings. The number of nitrogens with one attached hydrogen (secondary N) is 2. The lowest BCUT2D eigenvalue weighted by atomic mass is 9.98. The Hall–Kier alpha value is -4.25. The number of hydrogen-bond acceptors (Lipinski definition) is 8. The van der Waals surface area contributed by atoms with Crippen LogP contribution in [-0.4, -0.2) is 57.2 Å². The van der Waals surface area contributed by atoms with Gasteiger partial charge in [0.1, 0.15) is 6.61 Å². The highest BCUT2D eigenvalue weighted by Gasteiger charge is 2.31. The summed E-state index contributed by atoms with van der Waals surface area (Å²) in [5.74, 6) is -2.96. The maximum atomic E-state index is 12.4. The van der Waals surface area contributed by atoms with E-state index in [1.165, 1.54) is 6.92 Å². The summed E-state index contributed by atoms with van der Waals surface area (Å²) in [4.78, 5) is 35.9. The summed E-state index contributed by atoms with van der Waals surface area (Å²) in [6.07, 6.45) is -2.27. The highest BCUT2D eigenvalue weighted by atomic mass is 16.6. The van der Waals surface area contributed by atoms with Gasteiger partial charge in [-0.1, -0.05) is 48.5 Å². The van der Waals surface area contributed by atoms with Gasteiger partial charge in [0, 0.05) is 5.92 Å². The number of carboxylic acid groups (broad SMARTS) is 1. The number of aliphatic carboxylic acids is 1. The van der Waals surface area contributed by atoms with Crippen molar-refractivity contribution in [1.29, 1.82) is 0 Å². The molecule has 0 bridgehead atoms. The summed E-state index contributed by atoms with van der Waals surface area (Å²) >= 11 is 0. The van der Waals surface area contributed by atoms with Gasteiger partial charge in [0.05, 0.1) is 6.10 Å². The van der Waals surface area contributed by atoms with E-state index < -0.39 is 35.8 Å². The van der Waals surface area contributed by atoms with E-state index in [4.69, 9.17) is 9.84 Å². The minimum Gasteiger partial charge on any atom is -0.480 e. The smallest absolute Gasteiger partial charge is 0.412 e. The Balaban J connectivity index is 1.43. The summed E-state index contributed by atoms with van der Waals surface area (Å²) < 4.78 is 9.88. The van der Waals surface area contributed by atoms with E-state index in [1.54, 1.807) is 0 Å². The quantitative estimate of drug-likeness (QED) is 0.420. The second kappa shape index (κ2) is 9.09. The Bertz CT molecular complexity index is 1160. The van der Waals surface area contributed by atoms with Crippen LogP contribution < -0.4 is 10.6 Å². The molecule has 4 rings (SSSR count). The van der Waals surface area contributed by atoms with E-state index in [2.05, 4.69) is 25.6 Å². The fourth-order valence-corrected chi connectivity index (χ4v) is 3.75. The van der Waals surface area contributed by atoms with Gasteiger partial charge in [-0.25, -0.2) is 14.2 Å². The third-order valence-electron chi connectivity index (χ3n) is 5.30. The van der Waals surface area contributed by atoms with Crippen molar-refractivity contribution in [2.24, 2.45) is 0 Å². The third-order valence-corrected chi connectivity index (χ3v) is 5.30. The van der Waals surface area contributed by atoms with Crippen molar-refractivity contribution in [1.82, 2.24) is 15.6 Å². The van der Waals surface area contributed by atoms with Crippen LogP contribution in [0.15, 0.2) is 53.2 Å². The molecule has 1 aliphatic carbocycles. The summed E-state index contributed by atoms with van der Waals surface area (Å²) in [5, 5.41) is 29.8. The molecule has 2 unspecified atom stereocenters. The molecule has 0 spiro atoms. The Morgan fingerprint density at radius 2 is 1.67 bits per heavy atom. The normalized spacial score (nSPS) is 14.0. The average Bonchev–Trinajstić information content (AvgIpc) is 3.38. The standard InChI is InChI=1S/C22H20N4O7/c1-11(27)17(21(29)30)23-20(28)18-19(26-33-25-18)24-22(31)32-10-16-14-8-4-2-6-12(14)13-7-3-5-9-15(13)16/h2-9,11,16-17,27H,10H2,1H3,(H,23,28)(H,29,30)(H,24,26,31). The molecule has 2 atom stereocenters. The van der Waals surface area contributed by atoms with Gasteiger partial charge in [0.15, 0.2) is 6.04 Å². The minimum absolute atomic E-state index is 0.0375. The molecule has 1 aromatic heterocycles. The first-order valence-corrected chi connectivity index (χ1v) is 10.0. The van der Waals surface area contributed by atoms with Crippen LogP contribution in [-0.2, 0) is 9.53 Å². The van der Waals surface area contributed by atoms with Crippen molar-refractivity contribution >= 4 is 23.8 Å². The van der Waals surface area contributed by atoms with Gasteiger partial charge in [-0.15, -0.1) is 0 Å². The lowest BCUT2D eigenvalue weighted by Crippen LogP contribution is -2.47. The number of hydrogen-bond donors (Lipinski definition) is 4. The van der Waals surface area contributed by atoms with Crippen molar-refractivity contribution in [3.05, 3.63) is 65.4 Å². The van der Waals surface area contributed by atoms with E-state index in [1.807, 2.05) is 48.5 Å². The van der Waals surface area contributed by atoms with Gasteiger partial charge < -0.3 is 20.3 Å².